The molecule has 5 nitrogen and oxygen atoms in total. The number of carbonyl (C=O) groups excluding carboxylic acids is 2. The highest BCUT2D eigenvalue weighted by Gasteiger charge is 2.28. The third-order valence-corrected chi connectivity index (χ3v) is 6.14. The highest BCUT2D eigenvalue weighted by Crippen LogP contribution is 2.28. The Hall–Kier alpha value is -1.59. The summed E-state index contributed by atoms with van der Waals surface area (Å²) < 4.78 is 0. The molecule has 0 spiro atoms. The van der Waals surface area contributed by atoms with Crippen LogP contribution in [0.3, 0.4) is 0 Å². The molecule has 0 heterocycles. The third kappa shape index (κ3) is 6.78. The zero-order valence-electron chi connectivity index (χ0n) is 16.6. The van der Waals surface area contributed by atoms with Crippen molar-refractivity contribution >= 4 is 24.2 Å². The van der Waals surface area contributed by atoms with Gasteiger partial charge in [-0.05, 0) is 50.0 Å². The number of hydrogen-bond acceptors (Lipinski definition) is 3. The maximum atomic E-state index is 12.4. The number of nitrogens with one attached hydrogen (secondary N) is 2. The predicted molar refractivity (Wildman–Crippen MR) is 114 cm³/mol. The molecule has 2 aliphatic rings. The Morgan fingerprint density at radius 2 is 1.64 bits per heavy atom. The van der Waals surface area contributed by atoms with Gasteiger partial charge in [0.1, 0.15) is 0 Å². The molecular weight excluding hydrogens is 374 g/mol. The van der Waals surface area contributed by atoms with E-state index in [4.69, 9.17) is 5.73 Å². The molecule has 0 radical (unpaired) electrons. The van der Waals surface area contributed by atoms with Crippen LogP contribution in [0.2, 0.25) is 0 Å². The lowest BCUT2D eigenvalue weighted by Gasteiger charge is -2.29. The second-order valence-electron chi connectivity index (χ2n) is 8.23. The molecule has 0 saturated heterocycles. The summed E-state index contributed by atoms with van der Waals surface area (Å²) >= 11 is 0. The monoisotopic (exact) mass is 407 g/mol. The summed E-state index contributed by atoms with van der Waals surface area (Å²) in [5, 5.41) is 6.19. The van der Waals surface area contributed by atoms with E-state index in [1.807, 2.05) is 30.3 Å². The van der Waals surface area contributed by atoms with E-state index in [0.717, 1.165) is 31.2 Å². The molecule has 2 fully saturated rings. The van der Waals surface area contributed by atoms with E-state index in [-0.39, 0.29) is 42.2 Å². The molecule has 0 aromatic heterocycles. The van der Waals surface area contributed by atoms with Crippen molar-refractivity contribution in [3.8, 4) is 0 Å². The van der Waals surface area contributed by atoms with Gasteiger partial charge in [-0.1, -0.05) is 43.2 Å². The Labute approximate surface area is 174 Å². The van der Waals surface area contributed by atoms with Crippen LogP contribution in [0, 0.1) is 11.8 Å². The van der Waals surface area contributed by atoms with Gasteiger partial charge in [0.2, 0.25) is 11.8 Å². The molecule has 28 heavy (non-hydrogen) atoms. The topological polar surface area (TPSA) is 84.2 Å². The fraction of sp³-hybridized carbons (Fsp3) is 0.636. The van der Waals surface area contributed by atoms with Crippen molar-refractivity contribution in [2.24, 2.45) is 17.6 Å². The molecule has 156 valence electrons. The fourth-order valence-corrected chi connectivity index (χ4v) is 4.44. The fourth-order valence-electron chi connectivity index (χ4n) is 4.44. The van der Waals surface area contributed by atoms with Gasteiger partial charge in [-0.15, -0.1) is 12.4 Å². The minimum Gasteiger partial charge on any atom is -0.354 e. The van der Waals surface area contributed by atoms with Gasteiger partial charge in [-0.3, -0.25) is 9.59 Å². The molecule has 0 aliphatic heterocycles. The molecule has 3 rings (SSSR count). The number of hydrogen-bond donors (Lipinski definition) is 3. The summed E-state index contributed by atoms with van der Waals surface area (Å²) in [6.07, 6.45) is 9.06. The van der Waals surface area contributed by atoms with Crippen molar-refractivity contribution in [1.29, 1.82) is 0 Å². The Morgan fingerprint density at radius 1 is 1.00 bits per heavy atom. The van der Waals surface area contributed by atoms with Crippen LogP contribution in [0.25, 0.3) is 0 Å². The van der Waals surface area contributed by atoms with E-state index in [9.17, 15) is 9.59 Å². The molecule has 6 heteroatoms. The Balaban J connectivity index is 0.00000280. The lowest BCUT2D eigenvalue weighted by atomic mass is 9.85. The maximum absolute atomic E-state index is 12.4. The molecule has 0 bridgehead atoms. The predicted octanol–water partition coefficient (Wildman–Crippen LogP) is 3.48. The zero-order chi connectivity index (χ0) is 19.1. The number of benzene rings is 1. The number of carbonyl (C=O) groups is 2. The quantitative estimate of drug-likeness (QED) is 0.646. The van der Waals surface area contributed by atoms with Gasteiger partial charge in [-0.2, -0.15) is 0 Å². The molecule has 1 aromatic carbocycles. The standard InChI is InChI=1S/C22H33N3O2.ClH/c23-20(17-8-2-1-3-9-17)15-24-22(27)18-10-12-19(13-11-18)25-21(26)14-16-6-4-5-7-16;/h1-3,8-9,16,18-20H,4-7,10-15,23H2,(H,24,27)(H,25,26);1H. The normalized spacial score (nSPS) is 23.5. The smallest absolute Gasteiger partial charge is 0.223 e. The molecule has 2 aliphatic carbocycles. The van der Waals surface area contributed by atoms with Gasteiger partial charge in [0.25, 0.3) is 0 Å². The first kappa shape index (κ1) is 22.7. The van der Waals surface area contributed by atoms with Crippen LogP contribution in [-0.2, 0) is 9.59 Å². The van der Waals surface area contributed by atoms with Crippen LogP contribution in [0.15, 0.2) is 30.3 Å². The summed E-state index contributed by atoms with van der Waals surface area (Å²) in [7, 11) is 0. The molecule has 1 aromatic rings. The molecule has 1 unspecified atom stereocenters. The molecule has 2 amide bonds. The minimum atomic E-state index is -0.179. The largest absolute Gasteiger partial charge is 0.354 e. The van der Waals surface area contributed by atoms with Crippen LogP contribution in [0.5, 0.6) is 0 Å². The van der Waals surface area contributed by atoms with Crippen molar-refractivity contribution in [2.75, 3.05) is 6.54 Å². The van der Waals surface area contributed by atoms with Gasteiger partial charge >= 0.3 is 0 Å². The van der Waals surface area contributed by atoms with Crippen molar-refractivity contribution in [1.82, 2.24) is 10.6 Å². The average molecular weight is 408 g/mol. The van der Waals surface area contributed by atoms with Crippen LogP contribution in [0.1, 0.15) is 69.4 Å². The average Bonchev–Trinajstić information content (AvgIpc) is 3.20. The molecule has 1 atom stereocenters. The first-order valence-corrected chi connectivity index (χ1v) is 10.5. The highest BCUT2D eigenvalue weighted by atomic mass is 35.5. The highest BCUT2D eigenvalue weighted by molar-refractivity contribution is 5.85. The Bertz CT molecular complexity index is 611. The molecule has 2 saturated carbocycles. The van der Waals surface area contributed by atoms with Gasteiger partial charge in [0, 0.05) is 31.0 Å². The second kappa shape index (κ2) is 11.4. The summed E-state index contributed by atoms with van der Waals surface area (Å²) in [4.78, 5) is 24.6. The number of amides is 2. The zero-order valence-corrected chi connectivity index (χ0v) is 17.4. The van der Waals surface area contributed by atoms with Crippen LogP contribution >= 0.6 is 12.4 Å². The summed E-state index contributed by atoms with van der Waals surface area (Å²) in [5.41, 5.74) is 7.19. The van der Waals surface area contributed by atoms with Crippen molar-refractivity contribution < 1.29 is 9.59 Å². The van der Waals surface area contributed by atoms with E-state index in [1.165, 1.54) is 25.7 Å². The second-order valence-corrected chi connectivity index (χ2v) is 8.23. The van der Waals surface area contributed by atoms with Crippen molar-refractivity contribution in [3.63, 3.8) is 0 Å². The van der Waals surface area contributed by atoms with Crippen molar-refractivity contribution in [3.05, 3.63) is 35.9 Å². The first-order valence-electron chi connectivity index (χ1n) is 10.5. The SMILES string of the molecule is Cl.NC(CNC(=O)C1CCC(NC(=O)CC2CCCC2)CC1)c1ccccc1. The summed E-state index contributed by atoms with van der Waals surface area (Å²) in [6, 6.07) is 9.89. The molecule has 4 N–H and O–H groups in total. The van der Waals surface area contributed by atoms with E-state index in [1.54, 1.807) is 0 Å². The lowest BCUT2D eigenvalue weighted by molar-refractivity contribution is -0.126. The van der Waals surface area contributed by atoms with Crippen LogP contribution in [-0.4, -0.2) is 24.4 Å². The van der Waals surface area contributed by atoms with E-state index in [2.05, 4.69) is 10.6 Å². The third-order valence-electron chi connectivity index (χ3n) is 6.14. The maximum Gasteiger partial charge on any atom is 0.223 e. The Kier molecular flexibility index (Phi) is 9.26. The van der Waals surface area contributed by atoms with Gasteiger partial charge in [-0.25, -0.2) is 0 Å². The summed E-state index contributed by atoms with van der Waals surface area (Å²) in [5.74, 6) is 0.914. The number of rotatable bonds is 7. The number of halogens is 1. The number of nitrogens with two attached hydrogens (primary N) is 1. The summed E-state index contributed by atoms with van der Waals surface area (Å²) in [6.45, 7) is 0.459. The van der Waals surface area contributed by atoms with E-state index < -0.39 is 0 Å². The van der Waals surface area contributed by atoms with Gasteiger partial charge in [0.05, 0.1) is 0 Å². The first-order chi connectivity index (χ1) is 13.1. The molecular formula is C22H34ClN3O2. The van der Waals surface area contributed by atoms with Crippen molar-refractivity contribution in [2.45, 2.75) is 69.9 Å². The van der Waals surface area contributed by atoms with Crippen LogP contribution in [0.4, 0.5) is 0 Å². The Morgan fingerprint density at radius 3 is 2.29 bits per heavy atom. The van der Waals surface area contributed by atoms with E-state index in [0.29, 0.717) is 18.9 Å². The van der Waals surface area contributed by atoms with Gasteiger partial charge < -0.3 is 16.4 Å². The van der Waals surface area contributed by atoms with Gasteiger partial charge in [0.15, 0.2) is 0 Å². The van der Waals surface area contributed by atoms with E-state index >= 15 is 0 Å². The van der Waals surface area contributed by atoms with Crippen LogP contribution < -0.4 is 16.4 Å². The minimum absolute atomic E-state index is 0. The lowest BCUT2D eigenvalue weighted by Crippen LogP contribution is -2.42.